The molecule has 0 spiro atoms. The van der Waals surface area contributed by atoms with Crippen LogP contribution >= 0.6 is 0 Å². The molecule has 0 aliphatic heterocycles. The van der Waals surface area contributed by atoms with Gasteiger partial charge in [-0.05, 0) is 23.5 Å². The predicted molar refractivity (Wildman–Crippen MR) is 65.4 cm³/mol. The second-order valence-corrected chi connectivity index (χ2v) is 4.99. The number of fused-ring (bicyclic) bond motifs is 1. The van der Waals surface area contributed by atoms with Gasteiger partial charge in [-0.1, -0.05) is 27.7 Å². The monoisotopic (exact) mass is 215 g/mol. The molecule has 2 heterocycles. The topological polar surface area (TPSA) is 38.7 Å². The van der Waals surface area contributed by atoms with E-state index >= 15 is 0 Å². The molecule has 2 rings (SSSR count). The summed E-state index contributed by atoms with van der Waals surface area (Å²) in [4.78, 5) is 13.1. The van der Waals surface area contributed by atoms with Gasteiger partial charge in [0.25, 0.3) is 0 Å². The number of aromatic nitrogens is 3. The lowest BCUT2D eigenvalue weighted by molar-refractivity contribution is 0.580. The predicted octanol–water partition coefficient (Wildman–Crippen LogP) is 2.88. The average Bonchev–Trinajstić information content (AvgIpc) is 2.26. The highest BCUT2D eigenvalue weighted by molar-refractivity contribution is 5.70. The van der Waals surface area contributed by atoms with Crippen LogP contribution in [0.25, 0.3) is 11.2 Å². The number of hydrogen-bond acceptors (Lipinski definition) is 3. The molecular formula is C13H17N3. The van der Waals surface area contributed by atoms with Crippen LogP contribution in [-0.4, -0.2) is 15.0 Å². The van der Waals surface area contributed by atoms with Crippen LogP contribution in [0.1, 0.15) is 39.0 Å². The molecule has 0 atom stereocenters. The first kappa shape index (κ1) is 11.0. The molecule has 0 amide bonds. The molecule has 2 aromatic rings. The zero-order chi connectivity index (χ0) is 11.8. The number of nitrogens with zero attached hydrogens (tertiary/aromatic N) is 3. The fourth-order valence-electron chi connectivity index (χ4n) is 1.86. The summed E-state index contributed by atoms with van der Waals surface area (Å²) < 4.78 is 0. The summed E-state index contributed by atoms with van der Waals surface area (Å²) in [5, 5.41) is 0. The van der Waals surface area contributed by atoms with Gasteiger partial charge in [0.1, 0.15) is 5.52 Å². The van der Waals surface area contributed by atoms with E-state index in [2.05, 4.69) is 48.7 Å². The lowest BCUT2D eigenvalue weighted by Crippen LogP contribution is -2.15. The minimum absolute atomic E-state index is 0.101. The van der Waals surface area contributed by atoms with Crippen LogP contribution in [0.4, 0.5) is 0 Å². The molecule has 0 aromatic carbocycles. The van der Waals surface area contributed by atoms with Crippen LogP contribution in [0, 0.1) is 0 Å². The highest BCUT2D eigenvalue weighted by Gasteiger charge is 2.19. The van der Waals surface area contributed by atoms with Crippen molar-refractivity contribution in [3.05, 3.63) is 29.7 Å². The highest BCUT2D eigenvalue weighted by Crippen LogP contribution is 2.27. The molecule has 0 N–H and O–H groups in total. The van der Waals surface area contributed by atoms with E-state index in [0.717, 1.165) is 23.3 Å². The van der Waals surface area contributed by atoms with Crippen LogP contribution in [0.3, 0.4) is 0 Å². The summed E-state index contributed by atoms with van der Waals surface area (Å²) in [6.45, 7) is 8.72. The summed E-state index contributed by atoms with van der Waals surface area (Å²) in [5.41, 5.74) is 4.12. The molecule has 3 heteroatoms. The molecule has 0 fully saturated rings. The first-order valence-electron chi connectivity index (χ1n) is 5.63. The number of rotatable bonds is 1. The Kier molecular flexibility index (Phi) is 2.62. The molecule has 0 saturated carbocycles. The Morgan fingerprint density at radius 1 is 1.12 bits per heavy atom. The van der Waals surface area contributed by atoms with Crippen molar-refractivity contribution in [2.75, 3.05) is 0 Å². The third-order valence-electron chi connectivity index (χ3n) is 2.68. The Balaban J connectivity index is 2.73. The van der Waals surface area contributed by atoms with Gasteiger partial charge in [0, 0.05) is 18.1 Å². The van der Waals surface area contributed by atoms with E-state index < -0.39 is 0 Å². The van der Waals surface area contributed by atoms with Gasteiger partial charge < -0.3 is 0 Å². The largest absolute Gasteiger partial charge is 0.251 e. The summed E-state index contributed by atoms with van der Waals surface area (Å²) in [5.74, 6) is 0. The molecule has 3 nitrogen and oxygen atoms in total. The van der Waals surface area contributed by atoms with Gasteiger partial charge >= 0.3 is 0 Å². The highest BCUT2D eigenvalue weighted by atomic mass is 14.9. The van der Waals surface area contributed by atoms with Crippen LogP contribution in [0.5, 0.6) is 0 Å². The van der Waals surface area contributed by atoms with Crippen molar-refractivity contribution in [2.24, 2.45) is 0 Å². The lowest BCUT2D eigenvalue weighted by atomic mass is 9.85. The molecule has 2 aromatic heterocycles. The molecule has 84 valence electrons. The number of pyridine rings is 1. The van der Waals surface area contributed by atoms with Crippen LogP contribution in [-0.2, 0) is 11.8 Å². The van der Waals surface area contributed by atoms with Crippen LogP contribution in [0.2, 0.25) is 0 Å². The molecular weight excluding hydrogens is 198 g/mol. The average molecular weight is 215 g/mol. The van der Waals surface area contributed by atoms with Crippen molar-refractivity contribution in [3.63, 3.8) is 0 Å². The minimum Gasteiger partial charge on any atom is -0.251 e. The van der Waals surface area contributed by atoms with Gasteiger partial charge in [0.05, 0.1) is 0 Å². The maximum absolute atomic E-state index is 4.59. The molecule has 16 heavy (non-hydrogen) atoms. The van der Waals surface area contributed by atoms with E-state index in [0.29, 0.717) is 0 Å². The SMILES string of the molecule is CCc1nc2nccnc2cc1C(C)(C)C. The molecule has 0 aliphatic rings. The third-order valence-corrected chi connectivity index (χ3v) is 2.68. The second-order valence-electron chi connectivity index (χ2n) is 4.99. The Bertz CT molecular complexity index is 512. The zero-order valence-electron chi connectivity index (χ0n) is 10.3. The minimum atomic E-state index is 0.101. The van der Waals surface area contributed by atoms with Crippen molar-refractivity contribution in [2.45, 2.75) is 39.5 Å². The van der Waals surface area contributed by atoms with E-state index in [1.165, 1.54) is 5.56 Å². The summed E-state index contributed by atoms with van der Waals surface area (Å²) >= 11 is 0. The lowest BCUT2D eigenvalue weighted by Gasteiger charge is -2.21. The van der Waals surface area contributed by atoms with Crippen molar-refractivity contribution < 1.29 is 0 Å². The maximum Gasteiger partial charge on any atom is 0.178 e. The van der Waals surface area contributed by atoms with Crippen LogP contribution < -0.4 is 0 Å². The number of aryl methyl sites for hydroxylation is 1. The van der Waals surface area contributed by atoms with Crippen molar-refractivity contribution in [1.29, 1.82) is 0 Å². The van der Waals surface area contributed by atoms with Crippen molar-refractivity contribution in [1.82, 2.24) is 15.0 Å². The summed E-state index contributed by atoms with van der Waals surface area (Å²) in [6, 6.07) is 2.12. The normalized spacial score (nSPS) is 12.0. The standard InChI is InChI=1S/C13H17N3/c1-5-10-9(13(2,3)4)8-11-12(16-10)15-7-6-14-11/h6-8H,5H2,1-4H3. The first-order valence-corrected chi connectivity index (χ1v) is 5.63. The maximum atomic E-state index is 4.59. The molecule has 0 saturated heterocycles. The van der Waals surface area contributed by atoms with Gasteiger partial charge in [0.15, 0.2) is 5.65 Å². The molecule has 0 unspecified atom stereocenters. The summed E-state index contributed by atoms with van der Waals surface area (Å²) in [6.07, 6.45) is 4.33. The first-order chi connectivity index (χ1) is 7.52. The van der Waals surface area contributed by atoms with Gasteiger partial charge in [0.2, 0.25) is 0 Å². The quantitative estimate of drug-likeness (QED) is 0.734. The fraction of sp³-hybridized carbons (Fsp3) is 0.462. The van der Waals surface area contributed by atoms with E-state index in [4.69, 9.17) is 0 Å². The van der Waals surface area contributed by atoms with Crippen molar-refractivity contribution in [3.8, 4) is 0 Å². The Morgan fingerprint density at radius 3 is 2.44 bits per heavy atom. The smallest absolute Gasteiger partial charge is 0.178 e. The molecule has 0 aliphatic carbocycles. The second kappa shape index (κ2) is 3.81. The van der Waals surface area contributed by atoms with E-state index in [-0.39, 0.29) is 5.41 Å². The van der Waals surface area contributed by atoms with Gasteiger partial charge in [-0.2, -0.15) is 0 Å². The van der Waals surface area contributed by atoms with E-state index in [1.807, 2.05) is 0 Å². The Labute approximate surface area is 96.0 Å². The van der Waals surface area contributed by atoms with E-state index in [9.17, 15) is 0 Å². The molecule has 0 radical (unpaired) electrons. The third kappa shape index (κ3) is 1.90. The van der Waals surface area contributed by atoms with Gasteiger partial charge in [-0.25, -0.2) is 9.97 Å². The van der Waals surface area contributed by atoms with Gasteiger partial charge in [-0.15, -0.1) is 0 Å². The number of hydrogen-bond donors (Lipinski definition) is 0. The van der Waals surface area contributed by atoms with Crippen molar-refractivity contribution >= 4 is 11.2 Å². The zero-order valence-corrected chi connectivity index (χ0v) is 10.3. The van der Waals surface area contributed by atoms with Crippen LogP contribution in [0.15, 0.2) is 18.5 Å². The Hall–Kier alpha value is -1.51. The molecule has 0 bridgehead atoms. The Morgan fingerprint density at radius 2 is 1.81 bits per heavy atom. The fourth-order valence-corrected chi connectivity index (χ4v) is 1.86. The van der Waals surface area contributed by atoms with Gasteiger partial charge in [-0.3, -0.25) is 4.98 Å². The van der Waals surface area contributed by atoms with E-state index in [1.54, 1.807) is 12.4 Å². The summed E-state index contributed by atoms with van der Waals surface area (Å²) in [7, 11) is 0.